The highest BCUT2D eigenvalue weighted by Crippen LogP contribution is 2.65. The average molecular weight is 711 g/mol. The monoisotopic (exact) mass is 710 g/mol. The lowest BCUT2D eigenvalue weighted by Crippen LogP contribution is -2.32. The minimum atomic E-state index is -0.564. The predicted octanol–water partition coefficient (Wildman–Crippen LogP) is 13.6. The van der Waals surface area contributed by atoms with Crippen molar-refractivity contribution in [1.29, 1.82) is 0 Å². The summed E-state index contributed by atoms with van der Waals surface area (Å²) < 4.78 is 6.97. The highest BCUT2D eigenvalue weighted by atomic mass is 16.5. The maximum absolute atomic E-state index is 6.97. The van der Waals surface area contributed by atoms with E-state index in [0.717, 1.165) is 11.5 Å². The van der Waals surface area contributed by atoms with Gasteiger partial charge in [0.25, 0.3) is 0 Å². The summed E-state index contributed by atoms with van der Waals surface area (Å²) in [5, 5.41) is 2.44. The molecule has 0 fully saturated rings. The Bertz CT molecular complexity index is 3110. The van der Waals surface area contributed by atoms with E-state index in [9.17, 15) is 0 Å². The molecule has 56 heavy (non-hydrogen) atoms. The zero-order chi connectivity index (χ0) is 36.8. The number of hydrogen-bond donors (Lipinski definition) is 0. The molecule has 0 saturated carbocycles. The molecule has 4 aliphatic rings. The Kier molecular flexibility index (Phi) is 5.76. The fourth-order valence-electron chi connectivity index (χ4n) is 11.4. The van der Waals surface area contributed by atoms with Crippen LogP contribution in [0.5, 0.6) is 11.5 Å². The fraction of sp³-hybridized carbons (Fsp3) is 0.0545. The van der Waals surface area contributed by atoms with E-state index in [2.05, 4.69) is 195 Å². The van der Waals surface area contributed by atoms with Crippen LogP contribution in [0, 0.1) is 6.92 Å². The Labute approximate surface area is 326 Å². The molecular formula is C55H34O. The summed E-state index contributed by atoms with van der Waals surface area (Å²) in [5.74, 6) is 1.83. The Hall–Kier alpha value is -6.96. The molecule has 3 aliphatic carbocycles. The zero-order valence-corrected chi connectivity index (χ0v) is 30.8. The van der Waals surface area contributed by atoms with E-state index in [-0.39, 0.29) is 5.41 Å². The SMILES string of the molecule is Cc1cc2c(cc1-c1ccc3c(c1)C1(c4ccccc4-c4ccccc41)c1c(ccc4ccccc14)O3)-c1ccccc1C21c2ccccc2-c2ccccc21. The summed E-state index contributed by atoms with van der Waals surface area (Å²) in [6.45, 7) is 2.30. The average Bonchev–Trinajstić information content (AvgIpc) is 3.83. The van der Waals surface area contributed by atoms with Gasteiger partial charge in [-0.2, -0.15) is 0 Å². The van der Waals surface area contributed by atoms with Crippen molar-refractivity contribution in [3.05, 3.63) is 238 Å². The predicted molar refractivity (Wildman–Crippen MR) is 228 cm³/mol. The van der Waals surface area contributed by atoms with Crippen molar-refractivity contribution < 1.29 is 4.74 Å². The normalized spacial score (nSPS) is 14.9. The summed E-state index contributed by atoms with van der Waals surface area (Å²) in [5.41, 5.74) is 21.1. The van der Waals surface area contributed by atoms with Gasteiger partial charge in [-0.15, -0.1) is 0 Å². The number of aryl methyl sites for hydroxylation is 1. The van der Waals surface area contributed by atoms with Crippen molar-refractivity contribution in [2.45, 2.75) is 17.8 Å². The summed E-state index contributed by atoms with van der Waals surface area (Å²) in [6, 6.07) is 70.3. The third-order valence-corrected chi connectivity index (χ3v) is 13.5. The van der Waals surface area contributed by atoms with Gasteiger partial charge < -0.3 is 4.74 Å². The van der Waals surface area contributed by atoms with Gasteiger partial charge in [0.05, 0.1) is 10.8 Å². The number of fused-ring (bicyclic) bond motifs is 21. The summed E-state index contributed by atoms with van der Waals surface area (Å²) in [7, 11) is 0. The number of hydrogen-bond acceptors (Lipinski definition) is 1. The van der Waals surface area contributed by atoms with Gasteiger partial charge >= 0.3 is 0 Å². The molecule has 9 aromatic rings. The lowest BCUT2D eigenvalue weighted by molar-refractivity contribution is 0.438. The molecule has 0 aromatic heterocycles. The standard InChI is InChI=1S/C55H34O/c1-33-30-49-43(41-20-8-11-23-46(41)54(49)44-21-9-4-16-37(44)38-17-5-10-22-45(38)54)32-42(33)35-27-28-51-50(31-35)55(53-36-15-3-2-14-34(36)26-29-52(53)56-51)47-24-12-6-18-39(47)40-19-7-13-25-48(40)55/h2-32H,1H3. The zero-order valence-electron chi connectivity index (χ0n) is 30.8. The Morgan fingerprint density at radius 1 is 0.339 bits per heavy atom. The molecule has 0 unspecified atom stereocenters. The minimum Gasteiger partial charge on any atom is -0.457 e. The van der Waals surface area contributed by atoms with Crippen LogP contribution in [0.15, 0.2) is 188 Å². The second-order valence-corrected chi connectivity index (χ2v) is 15.9. The van der Waals surface area contributed by atoms with E-state index >= 15 is 0 Å². The lowest BCUT2D eigenvalue weighted by atomic mass is 9.64. The van der Waals surface area contributed by atoms with Crippen LogP contribution in [0.4, 0.5) is 0 Å². The smallest absolute Gasteiger partial charge is 0.132 e. The highest BCUT2D eigenvalue weighted by molar-refractivity contribution is 5.99. The minimum absolute atomic E-state index is 0.363. The van der Waals surface area contributed by atoms with Gasteiger partial charge in [-0.05, 0) is 125 Å². The summed E-state index contributed by atoms with van der Waals surface area (Å²) in [4.78, 5) is 0. The van der Waals surface area contributed by atoms with Gasteiger partial charge in [-0.3, -0.25) is 0 Å². The maximum atomic E-state index is 6.97. The van der Waals surface area contributed by atoms with Crippen molar-refractivity contribution in [1.82, 2.24) is 0 Å². The van der Waals surface area contributed by atoms with Crippen LogP contribution in [-0.2, 0) is 10.8 Å². The Morgan fingerprint density at radius 3 is 1.41 bits per heavy atom. The van der Waals surface area contributed by atoms with Crippen LogP contribution in [0.1, 0.15) is 50.1 Å². The molecule has 0 atom stereocenters. The number of ether oxygens (including phenoxy) is 1. The number of benzene rings is 9. The van der Waals surface area contributed by atoms with Gasteiger partial charge in [0.1, 0.15) is 11.5 Å². The van der Waals surface area contributed by atoms with Crippen molar-refractivity contribution in [2.75, 3.05) is 0 Å². The fourth-order valence-corrected chi connectivity index (χ4v) is 11.4. The van der Waals surface area contributed by atoms with Crippen molar-refractivity contribution in [3.63, 3.8) is 0 Å². The van der Waals surface area contributed by atoms with E-state index in [1.54, 1.807) is 0 Å². The van der Waals surface area contributed by atoms with E-state index < -0.39 is 5.41 Å². The molecule has 2 spiro atoms. The lowest BCUT2D eigenvalue weighted by Gasteiger charge is -2.40. The molecule has 0 N–H and O–H groups in total. The molecule has 1 heterocycles. The van der Waals surface area contributed by atoms with E-state index in [1.807, 2.05) is 0 Å². The first-order valence-corrected chi connectivity index (χ1v) is 19.7. The van der Waals surface area contributed by atoms with Crippen LogP contribution in [0.2, 0.25) is 0 Å². The van der Waals surface area contributed by atoms with Crippen LogP contribution in [0.25, 0.3) is 55.3 Å². The molecule has 1 heteroatoms. The quantitative estimate of drug-likeness (QED) is 0.165. The van der Waals surface area contributed by atoms with Crippen LogP contribution in [0.3, 0.4) is 0 Å². The van der Waals surface area contributed by atoms with Crippen molar-refractivity contribution >= 4 is 10.8 Å². The van der Waals surface area contributed by atoms with Crippen LogP contribution < -0.4 is 4.74 Å². The molecule has 13 rings (SSSR count). The molecule has 0 amide bonds. The van der Waals surface area contributed by atoms with E-state index in [4.69, 9.17) is 4.74 Å². The Balaban J connectivity index is 1.10. The summed E-state index contributed by atoms with van der Waals surface area (Å²) >= 11 is 0. The molecule has 260 valence electrons. The van der Waals surface area contributed by atoms with Gasteiger partial charge in [-0.25, -0.2) is 0 Å². The molecule has 0 bridgehead atoms. The van der Waals surface area contributed by atoms with Gasteiger partial charge in [0.15, 0.2) is 0 Å². The Morgan fingerprint density at radius 2 is 0.821 bits per heavy atom. The largest absolute Gasteiger partial charge is 0.457 e. The maximum Gasteiger partial charge on any atom is 0.132 e. The van der Waals surface area contributed by atoms with Crippen molar-refractivity contribution in [3.8, 4) is 56.0 Å². The second kappa shape index (κ2) is 10.6. The van der Waals surface area contributed by atoms with Crippen LogP contribution in [-0.4, -0.2) is 0 Å². The number of rotatable bonds is 1. The van der Waals surface area contributed by atoms with E-state index in [1.165, 1.54) is 105 Å². The van der Waals surface area contributed by atoms with E-state index in [0.29, 0.717) is 0 Å². The van der Waals surface area contributed by atoms with Crippen LogP contribution >= 0.6 is 0 Å². The first-order valence-electron chi connectivity index (χ1n) is 19.7. The summed E-state index contributed by atoms with van der Waals surface area (Å²) in [6.07, 6.45) is 0. The van der Waals surface area contributed by atoms with Crippen molar-refractivity contribution in [2.24, 2.45) is 0 Å². The van der Waals surface area contributed by atoms with Gasteiger partial charge in [0.2, 0.25) is 0 Å². The molecule has 9 aromatic carbocycles. The molecule has 0 radical (unpaired) electrons. The molecule has 1 aliphatic heterocycles. The third kappa shape index (κ3) is 3.49. The van der Waals surface area contributed by atoms with Gasteiger partial charge in [-0.1, -0.05) is 164 Å². The topological polar surface area (TPSA) is 9.23 Å². The first kappa shape index (κ1) is 30.4. The second-order valence-electron chi connectivity index (χ2n) is 15.9. The third-order valence-electron chi connectivity index (χ3n) is 13.5. The molecule has 0 saturated heterocycles. The first-order chi connectivity index (χ1) is 27.7. The highest BCUT2D eigenvalue weighted by Gasteiger charge is 2.53. The van der Waals surface area contributed by atoms with Gasteiger partial charge in [0, 0.05) is 11.1 Å². The molecule has 1 nitrogen and oxygen atoms in total. The molecular weight excluding hydrogens is 677 g/mol.